The van der Waals surface area contributed by atoms with Crippen LogP contribution in [-0.2, 0) is 12.8 Å². The summed E-state index contributed by atoms with van der Waals surface area (Å²) in [6.07, 6.45) is 0.958. The van der Waals surface area contributed by atoms with Crippen molar-refractivity contribution in [1.82, 2.24) is 0 Å². The van der Waals surface area contributed by atoms with Crippen LogP contribution >= 0.6 is 0 Å². The van der Waals surface area contributed by atoms with Crippen molar-refractivity contribution >= 4 is 11.7 Å². The number of nitrogens with one attached hydrogen (secondary N) is 2. The third-order valence-corrected chi connectivity index (χ3v) is 2.56. The summed E-state index contributed by atoms with van der Waals surface area (Å²) in [5.74, 6) is 0.337. The van der Waals surface area contributed by atoms with Crippen molar-refractivity contribution in [2.24, 2.45) is 11.5 Å². The van der Waals surface area contributed by atoms with Gasteiger partial charge in [0.25, 0.3) is 0 Å². The number of hydrogen-bond donors (Lipinski definition) is 4. The Hall–Kier alpha value is -1.84. The number of amidine groups is 2. The molecule has 0 bridgehead atoms. The lowest BCUT2D eigenvalue weighted by molar-refractivity contribution is 1.14. The van der Waals surface area contributed by atoms with E-state index in [0.29, 0.717) is 12.8 Å². The quantitative estimate of drug-likeness (QED) is 0.452. The highest BCUT2D eigenvalue weighted by Gasteiger charge is 2.06. The van der Waals surface area contributed by atoms with Crippen LogP contribution in [-0.4, -0.2) is 11.7 Å². The van der Waals surface area contributed by atoms with E-state index < -0.39 is 0 Å². The summed E-state index contributed by atoms with van der Waals surface area (Å²) in [4.78, 5) is 0. The Labute approximate surface area is 95.7 Å². The molecule has 86 valence electrons. The molecule has 0 aliphatic carbocycles. The molecule has 0 aromatic heterocycles. The van der Waals surface area contributed by atoms with Crippen molar-refractivity contribution < 1.29 is 0 Å². The fourth-order valence-electron chi connectivity index (χ4n) is 1.73. The number of benzene rings is 1. The van der Waals surface area contributed by atoms with Gasteiger partial charge in [-0.3, -0.25) is 10.8 Å². The SMILES string of the molecule is Cc1cc(CC(=N)N)c(C)cc1CC(=N)N. The lowest BCUT2D eigenvalue weighted by Crippen LogP contribution is -2.16. The summed E-state index contributed by atoms with van der Waals surface area (Å²) in [5, 5.41) is 14.6. The Bertz CT molecular complexity index is 393. The van der Waals surface area contributed by atoms with Gasteiger partial charge in [-0.15, -0.1) is 0 Å². The molecule has 1 rings (SSSR count). The number of aryl methyl sites for hydroxylation is 2. The van der Waals surface area contributed by atoms with Gasteiger partial charge in [-0.2, -0.15) is 0 Å². The molecule has 0 heterocycles. The van der Waals surface area contributed by atoms with Crippen LogP contribution in [0.3, 0.4) is 0 Å². The van der Waals surface area contributed by atoms with Crippen LogP contribution in [0, 0.1) is 24.7 Å². The smallest absolute Gasteiger partial charge is 0.0950 e. The zero-order valence-electron chi connectivity index (χ0n) is 9.72. The first-order valence-corrected chi connectivity index (χ1v) is 5.15. The zero-order valence-corrected chi connectivity index (χ0v) is 9.72. The molecular formula is C12H18N4. The molecule has 1 aromatic carbocycles. The van der Waals surface area contributed by atoms with Crippen molar-refractivity contribution in [3.63, 3.8) is 0 Å². The Morgan fingerprint density at radius 1 is 0.938 bits per heavy atom. The summed E-state index contributed by atoms with van der Waals surface area (Å²) in [6.45, 7) is 3.97. The second-order valence-corrected chi connectivity index (χ2v) is 4.11. The first-order valence-electron chi connectivity index (χ1n) is 5.15. The minimum absolute atomic E-state index is 0.168. The van der Waals surface area contributed by atoms with Crippen LogP contribution in [0.1, 0.15) is 22.3 Å². The molecule has 1 aromatic rings. The van der Waals surface area contributed by atoms with E-state index in [0.717, 1.165) is 22.3 Å². The van der Waals surface area contributed by atoms with Gasteiger partial charge in [0, 0.05) is 12.8 Å². The molecular weight excluding hydrogens is 200 g/mol. The molecule has 0 aliphatic heterocycles. The summed E-state index contributed by atoms with van der Waals surface area (Å²) < 4.78 is 0. The molecule has 4 heteroatoms. The molecule has 0 saturated heterocycles. The highest BCUT2D eigenvalue weighted by atomic mass is 14.7. The first-order chi connectivity index (χ1) is 7.40. The monoisotopic (exact) mass is 218 g/mol. The Kier molecular flexibility index (Phi) is 3.66. The molecule has 4 nitrogen and oxygen atoms in total. The maximum absolute atomic E-state index is 7.29. The normalized spacial score (nSPS) is 10.1. The maximum atomic E-state index is 7.29. The first kappa shape index (κ1) is 12.2. The predicted octanol–water partition coefficient (Wildman–Crippen LogP) is 1.26. The van der Waals surface area contributed by atoms with Crippen LogP contribution < -0.4 is 11.5 Å². The lowest BCUT2D eigenvalue weighted by Gasteiger charge is -2.11. The van der Waals surface area contributed by atoms with E-state index in [1.807, 2.05) is 26.0 Å². The molecule has 0 radical (unpaired) electrons. The molecule has 0 fully saturated rings. The van der Waals surface area contributed by atoms with Crippen molar-refractivity contribution in [1.29, 1.82) is 10.8 Å². The Morgan fingerprint density at radius 3 is 1.50 bits per heavy atom. The number of hydrogen-bond acceptors (Lipinski definition) is 2. The third-order valence-electron chi connectivity index (χ3n) is 2.56. The second kappa shape index (κ2) is 4.79. The van der Waals surface area contributed by atoms with Gasteiger partial charge in [0.1, 0.15) is 0 Å². The van der Waals surface area contributed by atoms with Gasteiger partial charge in [0.05, 0.1) is 11.7 Å². The van der Waals surface area contributed by atoms with Crippen molar-refractivity contribution in [3.05, 3.63) is 34.4 Å². The minimum atomic E-state index is 0.168. The van der Waals surface area contributed by atoms with E-state index in [-0.39, 0.29) is 11.7 Å². The van der Waals surface area contributed by atoms with Crippen LogP contribution in [0.25, 0.3) is 0 Å². The van der Waals surface area contributed by atoms with Gasteiger partial charge in [-0.05, 0) is 36.1 Å². The van der Waals surface area contributed by atoms with Gasteiger partial charge in [0.2, 0.25) is 0 Å². The molecule has 0 unspecified atom stereocenters. The zero-order chi connectivity index (χ0) is 12.3. The van der Waals surface area contributed by atoms with Gasteiger partial charge in [0.15, 0.2) is 0 Å². The van der Waals surface area contributed by atoms with Crippen molar-refractivity contribution in [3.8, 4) is 0 Å². The van der Waals surface area contributed by atoms with Crippen LogP contribution in [0.2, 0.25) is 0 Å². The van der Waals surface area contributed by atoms with Gasteiger partial charge < -0.3 is 11.5 Å². The van der Waals surface area contributed by atoms with E-state index in [9.17, 15) is 0 Å². The molecule has 0 atom stereocenters. The number of nitrogens with two attached hydrogens (primary N) is 2. The van der Waals surface area contributed by atoms with E-state index in [2.05, 4.69) is 0 Å². The molecule has 16 heavy (non-hydrogen) atoms. The fourth-order valence-corrected chi connectivity index (χ4v) is 1.73. The summed E-state index contributed by atoms with van der Waals surface area (Å²) >= 11 is 0. The highest BCUT2D eigenvalue weighted by molar-refractivity contribution is 5.81. The molecule has 6 N–H and O–H groups in total. The number of rotatable bonds is 4. The Morgan fingerprint density at radius 2 is 1.25 bits per heavy atom. The van der Waals surface area contributed by atoms with Crippen LogP contribution in [0.15, 0.2) is 12.1 Å². The summed E-state index contributed by atoms with van der Waals surface area (Å²) in [7, 11) is 0. The second-order valence-electron chi connectivity index (χ2n) is 4.11. The molecule has 0 aliphatic rings. The van der Waals surface area contributed by atoms with E-state index in [1.165, 1.54) is 0 Å². The van der Waals surface area contributed by atoms with Gasteiger partial charge >= 0.3 is 0 Å². The standard InChI is InChI=1S/C12H18N4/c1-7-3-10(6-12(15)16)8(2)4-9(7)5-11(13)14/h3-4H,5-6H2,1-2H3,(H3,13,14)(H3,15,16). The molecule has 0 spiro atoms. The Balaban J connectivity index is 3.06. The van der Waals surface area contributed by atoms with Crippen LogP contribution in [0.5, 0.6) is 0 Å². The van der Waals surface area contributed by atoms with Crippen LogP contribution in [0.4, 0.5) is 0 Å². The van der Waals surface area contributed by atoms with Gasteiger partial charge in [-0.1, -0.05) is 12.1 Å². The third kappa shape index (κ3) is 3.08. The molecule has 0 amide bonds. The predicted molar refractivity (Wildman–Crippen MR) is 67.2 cm³/mol. The highest BCUT2D eigenvalue weighted by Crippen LogP contribution is 2.17. The van der Waals surface area contributed by atoms with E-state index >= 15 is 0 Å². The topological polar surface area (TPSA) is 99.7 Å². The van der Waals surface area contributed by atoms with Crippen molar-refractivity contribution in [2.45, 2.75) is 26.7 Å². The minimum Gasteiger partial charge on any atom is -0.387 e. The fraction of sp³-hybridized carbons (Fsp3) is 0.333. The van der Waals surface area contributed by atoms with Crippen molar-refractivity contribution in [2.75, 3.05) is 0 Å². The largest absolute Gasteiger partial charge is 0.387 e. The van der Waals surface area contributed by atoms with E-state index in [1.54, 1.807) is 0 Å². The average molecular weight is 218 g/mol. The average Bonchev–Trinajstić information content (AvgIpc) is 2.11. The van der Waals surface area contributed by atoms with Gasteiger partial charge in [-0.25, -0.2) is 0 Å². The summed E-state index contributed by atoms with van der Waals surface area (Å²) in [5.41, 5.74) is 15.1. The molecule has 0 saturated carbocycles. The van der Waals surface area contributed by atoms with E-state index in [4.69, 9.17) is 22.3 Å². The lowest BCUT2D eigenvalue weighted by atomic mass is 9.96. The maximum Gasteiger partial charge on any atom is 0.0950 e. The summed E-state index contributed by atoms with van der Waals surface area (Å²) in [6, 6.07) is 4.05.